The average molecular weight is 370 g/mol. The van der Waals surface area contributed by atoms with Gasteiger partial charge in [-0.1, -0.05) is 17.7 Å². The van der Waals surface area contributed by atoms with Gasteiger partial charge in [0, 0.05) is 56.9 Å². The summed E-state index contributed by atoms with van der Waals surface area (Å²) in [5.41, 5.74) is 2.49. The summed E-state index contributed by atoms with van der Waals surface area (Å²) in [6.45, 7) is 6.78. The number of anilines is 1. The molecule has 1 aliphatic carbocycles. The SMILES string of the molecule is Cc1ccc(N2CCN(C(=O)N[C@@H]3CCCN(C(=O)C4CC4)C3)CC2)cc1. The lowest BCUT2D eigenvalue weighted by Crippen LogP contribution is -2.56. The number of urea groups is 1. The van der Waals surface area contributed by atoms with E-state index in [2.05, 4.69) is 41.4 Å². The Bertz CT molecular complexity index is 678. The highest BCUT2D eigenvalue weighted by Crippen LogP contribution is 2.31. The van der Waals surface area contributed by atoms with Crippen molar-refractivity contribution in [3.05, 3.63) is 29.8 Å². The van der Waals surface area contributed by atoms with Gasteiger partial charge in [-0.25, -0.2) is 4.79 Å². The van der Waals surface area contributed by atoms with Crippen molar-refractivity contribution in [3.63, 3.8) is 0 Å². The number of nitrogens with one attached hydrogen (secondary N) is 1. The number of likely N-dealkylation sites (tertiary alicyclic amines) is 1. The van der Waals surface area contributed by atoms with Crippen LogP contribution in [0.4, 0.5) is 10.5 Å². The zero-order valence-electron chi connectivity index (χ0n) is 16.2. The zero-order valence-corrected chi connectivity index (χ0v) is 16.2. The Labute approximate surface area is 161 Å². The maximum Gasteiger partial charge on any atom is 0.317 e. The van der Waals surface area contributed by atoms with E-state index in [4.69, 9.17) is 0 Å². The molecule has 1 aromatic rings. The van der Waals surface area contributed by atoms with E-state index in [0.29, 0.717) is 12.5 Å². The van der Waals surface area contributed by atoms with Crippen LogP contribution in [0, 0.1) is 12.8 Å². The number of aryl methyl sites for hydroxylation is 1. The number of nitrogens with zero attached hydrogens (tertiary/aromatic N) is 3. The van der Waals surface area contributed by atoms with Crippen LogP contribution in [0.15, 0.2) is 24.3 Å². The first-order chi connectivity index (χ1) is 13.1. The van der Waals surface area contributed by atoms with Crippen LogP contribution in [-0.2, 0) is 4.79 Å². The van der Waals surface area contributed by atoms with Gasteiger partial charge in [0.05, 0.1) is 0 Å². The number of carbonyl (C=O) groups excluding carboxylic acids is 2. The lowest BCUT2D eigenvalue weighted by atomic mass is 10.1. The Balaban J connectivity index is 1.25. The molecule has 0 bridgehead atoms. The number of hydrogen-bond donors (Lipinski definition) is 1. The van der Waals surface area contributed by atoms with Gasteiger partial charge < -0.3 is 20.0 Å². The van der Waals surface area contributed by atoms with E-state index in [1.165, 1.54) is 11.3 Å². The Morgan fingerprint density at radius 1 is 0.926 bits per heavy atom. The molecule has 6 heteroatoms. The minimum atomic E-state index is 0.0178. The van der Waals surface area contributed by atoms with Crippen molar-refractivity contribution in [2.45, 2.75) is 38.6 Å². The first-order valence-electron chi connectivity index (χ1n) is 10.3. The summed E-state index contributed by atoms with van der Waals surface area (Å²) in [5, 5.41) is 3.17. The second-order valence-electron chi connectivity index (χ2n) is 8.16. The molecule has 1 N–H and O–H groups in total. The van der Waals surface area contributed by atoms with Crippen LogP contribution in [-0.4, -0.2) is 67.0 Å². The maximum absolute atomic E-state index is 12.7. The number of amides is 3. The molecule has 6 nitrogen and oxygen atoms in total. The van der Waals surface area contributed by atoms with Gasteiger partial charge in [0.2, 0.25) is 5.91 Å². The molecule has 0 spiro atoms. The molecule has 3 aliphatic rings. The van der Waals surface area contributed by atoms with Crippen molar-refractivity contribution in [2.24, 2.45) is 5.92 Å². The third-order valence-electron chi connectivity index (χ3n) is 5.95. The lowest BCUT2D eigenvalue weighted by Gasteiger charge is -2.38. The molecule has 1 atom stereocenters. The molecular formula is C21H30N4O2. The van der Waals surface area contributed by atoms with Gasteiger partial charge in [-0.05, 0) is 44.7 Å². The highest BCUT2D eigenvalue weighted by Gasteiger charge is 2.36. The van der Waals surface area contributed by atoms with E-state index in [9.17, 15) is 9.59 Å². The lowest BCUT2D eigenvalue weighted by molar-refractivity contribution is -0.133. The van der Waals surface area contributed by atoms with Crippen molar-refractivity contribution in [2.75, 3.05) is 44.2 Å². The molecule has 146 valence electrons. The second-order valence-corrected chi connectivity index (χ2v) is 8.16. The predicted octanol–water partition coefficient (Wildman–Crippen LogP) is 2.23. The molecule has 0 radical (unpaired) electrons. The van der Waals surface area contributed by atoms with Crippen LogP contribution in [0.1, 0.15) is 31.2 Å². The molecule has 3 fully saturated rings. The quantitative estimate of drug-likeness (QED) is 0.888. The van der Waals surface area contributed by atoms with Crippen LogP contribution in [0.3, 0.4) is 0 Å². The van der Waals surface area contributed by atoms with Gasteiger partial charge in [-0.2, -0.15) is 0 Å². The standard InChI is InChI=1S/C21H30N4O2/c1-16-4-8-19(9-5-16)23-11-13-24(14-12-23)21(27)22-18-3-2-10-25(15-18)20(26)17-6-7-17/h4-5,8-9,17-18H,2-3,6-7,10-15H2,1H3,(H,22,27)/t18-/m1/s1. The molecule has 27 heavy (non-hydrogen) atoms. The summed E-state index contributed by atoms with van der Waals surface area (Å²) < 4.78 is 0. The average Bonchev–Trinajstić information content (AvgIpc) is 3.54. The van der Waals surface area contributed by atoms with E-state index in [0.717, 1.165) is 58.4 Å². The van der Waals surface area contributed by atoms with E-state index in [1.807, 2.05) is 9.80 Å². The van der Waals surface area contributed by atoms with Crippen molar-refractivity contribution in [3.8, 4) is 0 Å². The van der Waals surface area contributed by atoms with E-state index < -0.39 is 0 Å². The molecule has 2 heterocycles. The number of benzene rings is 1. The summed E-state index contributed by atoms with van der Waals surface area (Å²) in [7, 11) is 0. The fourth-order valence-corrected chi connectivity index (χ4v) is 4.07. The van der Waals surface area contributed by atoms with Gasteiger partial charge in [0.1, 0.15) is 0 Å². The number of piperidine rings is 1. The summed E-state index contributed by atoms with van der Waals surface area (Å²) in [6.07, 6.45) is 4.02. The number of rotatable bonds is 3. The smallest absolute Gasteiger partial charge is 0.317 e. The van der Waals surface area contributed by atoms with Crippen molar-refractivity contribution in [1.29, 1.82) is 0 Å². The molecular weight excluding hydrogens is 340 g/mol. The van der Waals surface area contributed by atoms with E-state index in [-0.39, 0.29) is 18.0 Å². The number of piperazine rings is 1. The van der Waals surface area contributed by atoms with Gasteiger partial charge in [-0.3, -0.25) is 4.79 Å². The first-order valence-corrected chi connectivity index (χ1v) is 10.3. The monoisotopic (exact) mass is 370 g/mol. The third kappa shape index (κ3) is 4.37. The highest BCUT2D eigenvalue weighted by molar-refractivity contribution is 5.81. The fraction of sp³-hybridized carbons (Fsp3) is 0.619. The molecule has 3 amide bonds. The zero-order chi connectivity index (χ0) is 18.8. The largest absolute Gasteiger partial charge is 0.368 e. The first kappa shape index (κ1) is 18.1. The maximum atomic E-state index is 12.7. The van der Waals surface area contributed by atoms with Crippen molar-refractivity contribution < 1.29 is 9.59 Å². The minimum Gasteiger partial charge on any atom is -0.368 e. The molecule has 4 rings (SSSR count). The van der Waals surface area contributed by atoms with Crippen molar-refractivity contribution >= 4 is 17.6 Å². The molecule has 0 unspecified atom stereocenters. The van der Waals surface area contributed by atoms with Gasteiger partial charge in [-0.15, -0.1) is 0 Å². The van der Waals surface area contributed by atoms with Crippen LogP contribution in [0.2, 0.25) is 0 Å². The molecule has 1 saturated carbocycles. The van der Waals surface area contributed by atoms with Gasteiger partial charge in [0.15, 0.2) is 0 Å². The molecule has 2 aliphatic heterocycles. The van der Waals surface area contributed by atoms with Crippen LogP contribution >= 0.6 is 0 Å². The van der Waals surface area contributed by atoms with Crippen LogP contribution in [0.5, 0.6) is 0 Å². The molecule has 1 aromatic carbocycles. The summed E-state index contributed by atoms with van der Waals surface area (Å²) in [4.78, 5) is 31.2. The Morgan fingerprint density at radius 2 is 1.63 bits per heavy atom. The van der Waals surface area contributed by atoms with Gasteiger partial charge >= 0.3 is 6.03 Å². The van der Waals surface area contributed by atoms with E-state index >= 15 is 0 Å². The van der Waals surface area contributed by atoms with Gasteiger partial charge in [0.25, 0.3) is 0 Å². The molecule has 0 aromatic heterocycles. The number of hydrogen-bond acceptors (Lipinski definition) is 3. The Morgan fingerprint density at radius 3 is 2.30 bits per heavy atom. The normalized spacial score (nSPS) is 23.3. The Kier molecular flexibility index (Phi) is 5.23. The summed E-state index contributed by atoms with van der Waals surface area (Å²) in [5.74, 6) is 0.551. The Hall–Kier alpha value is -2.24. The predicted molar refractivity (Wildman–Crippen MR) is 106 cm³/mol. The van der Waals surface area contributed by atoms with Crippen molar-refractivity contribution in [1.82, 2.24) is 15.1 Å². The van der Waals surface area contributed by atoms with E-state index in [1.54, 1.807) is 0 Å². The summed E-state index contributed by atoms with van der Waals surface area (Å²) >= 11 is 0. The second kappa shape index (κ2) is 7.79. The third-order valence-corrected chi connectivity index (χ3v) is 5.95. The molecule has 2 saturated heterocycles. The minimum absolute atomic E-state index is 0.0178. The highest BCUT2D eigenvalue weighted by atomic mass is 16.2. The number of carbonyl (C=O) groups is 2. The summed E-state index contributed by atoms with van der Waals surface area (Å²) in [6, 6.07) is 8.67. The fourth-order valence-electron chi connectivity index (χ4n) is 4.07. The topological polar surface area (TPSA) is 55.9 Å². The van der Waals surface area contributed by atoms with Crippen LogP contribution < -0.4 is 10.2 Å². The van der Waals surface area contributed by atoms with Crippen LogP contribution in [0.25, 0.3) is 0 Å².